The second-order valence-corrected chi connectivity index (χ2v) is 2.99. The van der Waals surface area contributed by atoms with Crippen molar-refractivity contribution in [3.63, 3.8) is 0 Å². The van der Waals surface area contributed by atoms with E-state index < -0.39 is 0 Å². The van der Waals surface area contributed by atoms with Gasteiger partial charge in [0.05, 0.1) is 12.9 Å². The fraction of sp³-hybridized carbons (Fsp3) is 0.556. The molecule has 10 heavy (non-hydrogen) atoms. The molecule has 56 valence electrons. The molecule has 1 rings (SSSR count). The zero-order valence-electron chi connectivity index (χ0n) is 6.68. The Morgan fingerprint density at radius 3 is 2.80 bits per heavy atom. The molecule has 1 nitrogen and oxygen atoms in total. The van der Waals surface area contributed by atoms with Crippen molar-refractivity contribution in [2.75, 3.05) is 7.11 Å². The summed E-state index contributed by atoms with van der Waals surface area (Å²) in [5, 5.41) is 0. The highest BCUT2D eigenvalue weighted by molar-refractivity contribution is 5.21. The number of ether oxygens (including phenoxy) is 1. The third-order valence-corrected chi connectivity index (χ3v) is 1.79. The summed E-state index contributed by atoms with van der Waals surface area (Å²) >= 11 is 0. The molecule has 0 radical (unpaired) electrons. The maximum Gasteiger partial charge on any atom is 0.0960 e. The fourth-order valence-corrected chi connectivity index (χ4v) is 1.35. The van der Waals surface area contributed by atoms with Gasteiger partial charge in [-0.25, -0.2) is 0 Å². The smallest absolute Gasteiger partial charge is 0.0960 e. The van der Waals surface area contributed by atoms with Crippen LogP contribution >= 0.6 is 0 Å². The highest BCUT2D eigenvalue weighted by Crippen LogP contribution is 2.26. The lowest BCUT2D eigenvalue weighted by Crippen LogP contribution is -2.05. The lowest BCUT2D eigenvalue weighted by Gasteiger charge is -2.19. The van der Waals surface area contributed by atoms with E-state index in [1.54, 1.807) is 7.11 Å². The Hall–Kier alpha value is -0.720. The fourth-order valence-electron chi connectivity index (χ4n) is 1.35. The first kappa shape index (κ1) is 7.39. The van der Waals surface area contributed by atoms with Gasteiger partial charge in [0, 0.05) is 6.42 Å². The highest BCUT2D eigenvalue weighted by atomic mass is 16.5. The molecule has 0 heterocycles. The molecule has 0 bridgehead atoms. The first-order valence-electron chi connectivity index (χ1n) is 3.64. The summed E-state index contributed by atoms with van der Waals surface area (Å²) in [7, 11) is 1.72. The van der Waals surface area contributed by atoms with Gasteiger partial charge in [0.15, 0.2) is 0 Å². The molecule has 1 aliphatic carbocycles. The summed E-state index contributed by atoms with van der Waals surface area (Å²) in [6.07, 6.45) is 4.22. The van der Waals surface area contributed by atoms with Crippen molar-refractivity contribution in [1.29, 1.82) is 0 Å². The largest absolute Gasteiger partial charge is 0.501 e. The molecule has 0 aromatic rings. The third kappa shape index (κ3) is 1.63. The number of methoxy groups -OCH3 is 1. The molecule has 0 N–H and O–H groups in total. The van der Waals surface area contributed by atoms with Crippen molar-refractivity contribution < 1.29 is 4.74 Å². The van der Waals surface area contributed by atoms with Gasteiger partial charge in [-0.05, 0) is 18.4 Å². The Bertz CT molecular complexity index is 168. The predicted molar refractivity (Wildman–Crippen MR) is 42.6 cm³/mol. The molecular weight excluding hydrogens is 124 g/mol. The van der Waals surface area contributed by atoms with Gasteiger partial charge in [-0.1, -0.05) is 19.1 Å². The minimum absolute atomic E-state index is 0.701. The topological polar surface area (TPSA) is 9.23 Å². The second-order valence-electron chi connectivity index (χ2n) is 2.99. The molecule has 0 saturated heterocycles. The second kappa shape index (κ2) is 2.91. The SMILES string of the molecule is C=C1C=C(OC)CC(C)C1. The van der Waals surface area contributed by atoms with Crippen molar-refractivity contribution in [3.05, 3.63) is 24.0 Å². The van der Waals surface area contributed by atoms with Crippen molar-refractivity contribution in [2.24, 2.45) is 5.92 Å². The zero-order valence-corrected chi connectivity index (χ0v) is 6.68. The molecule has 0 fully saturated rings. The van der Waals surface area contributed by atoms with Gasteiger partial charge in [0.25, 0.3) is 0 Å². The van der Waals surface area contributed by atoms with Gasteiger partial charge in [-0.15, -0.1) is 0 Å². The predicted octanol–water partition coefficient (Wildman–Crippen LogP) is 2.50. The molecule has 0 amide bonds. The van der Waals surface area contributed by atoms with E-state index >= 15 is 0 Å². The van der Waals surface area contributed by atoms with E-state index in [1.807, 2.05) is 6.08 Å². The van der Waals surface area contributed by atoms with Crippen LogP contribution in [-0.4, -0.2) is 7.11 Å². The van der Waals surface area contributed by atoms with Crippen LogP contribution in [0.2, 0.25) is 0 Å². The van der Waals surface area contributed by atoms with Crippen LogP contribution in [-0.2, 0) is 4.74 Å². The van der Waals surface area contributed by atoms with Crippen LogP contribution in [0.4, 0.5) is 0 Å². The van der Waals surface area contributed by atoms with Crippen molar-refractivity contribution >= 4 is 0 Å². The van der Waals surface area contributed by atoms with Crippen LogP contribution in [0.1, 0.15) is 19.8 Å². The van der Waals surface area contributed by atoms with E-state index in [2.05, 4.69) is 13.5 Å². The Balaban J connectivity index is 2.65. The molecule has 0 aliphatic heterocycles. The van der Waals surface area contributed by atoms with Crippen molar-refractivity contribution in [1.82, 2.24) is 0 Å². The number of allylic oxidation sites excluding steroid dienone is 3. The number of hydrogen-bond donors (Lipinski definition) is 0. The Morgan fingerprint density at radius 1 is 1.60 bits per heavy atom. The number of hydrogen-bond acceptors (Lipinski definition) is 1. The van der Waals surface area contributed by atoms with E-state index in [4.69, 9.17) is 4.74 Å². The van der Waals surface area contributed by atoms with Gasteiger partial charge in [0.2, 0.25) is 0 Å². The Morgan fingerprint density at radius 2 is 2.30 bits per heavy atom. The van der Waals surface area contributed by atoms with E-state index in [0.29, 0.717) is 5.92 Å². The van der Waals surface area contributed by atoms with Crippen LogP contribution in [0.25, 0.3) is 0 Å². The molecule has 0 aromatic carbocycles. The van der Waals surface area contributed by atoms with E-state index in [0.717, 1.165) is 18.6 Å². The Kier molecular flexibility index (Phi) is 2.15. The summed E-state index contributed by atoms with van der Waals surface area (Å²) < 4.78 is 5.13. The lowest BCUT2D eigenvalue weighted by atomic mass is 9.92. The normalized spacial score (nSPS) is 26.0. The van der Waals surface area contributed by atoms with Gasteiger partial charge >= 0.3 is 0 Å². The maximum absolute atomic E-state index is 5.13. The van der Waals surface area contributed by atoms with Crippen molar-refractivity contribution in [2.45, 2.75) is 19.8 Å². The van der Waals surface area contributed by atoms with Gasteiger partial charge in [-0.3, -0.25) is 0 Å². The molecule has 1 heteroatoms. The summed E-state index contributed by atoms with van der Waals surface area (Å²) in [6, 6.07) is 0. The average molecular weight is 138 g/mol. The van der Waals surface area contributed by atoms with Crippen molar-refractivity contribution in [3.8, 4) is 0 Å². The van der Waals surface area contributed by atoms with Crippen LogP contribution < -0.4 is 0 Å². The average Bonchev–Trinajstić information content (AvgIpc) is 1.85. The summed E-state index contributed by atoms with van der Waals surface area (Å²) in [6.45, 7) is 6.13. The molecular formula is C9H14O. The van der Waals surface area contributed by atoms with Crippen LogP contribution in [0.3, 0.4) is 0 Å². The quantitative estimate of drug-likeness (QED) is 0.541. The van der Waals surface area contributed by atoms with E-state index in [1.165, 1.54) is 5.57 Å². The van der Waals surface area contributed by atoms with Gasteiger partial charge in [-0.2, -0.15) is 0 Å². The van der Waals surface area contributed by atoms with Crippen LogP contribution in [0.5, 0.6) is 0 Å². The summed E-state index contributed by atoms with van der Waals surface area (Å²) in [5.41, 5.74) is 1.19. The molecule has 1 atom stereocenters. The molecule has 0 aromatic heterocycles. The third-order valence-electron chi connectivity index (χ3n) is 1.79. The van der Waals surface area contributed by atoms with E-state index in [9.17, 15) is 0 Å². The standard InChI is InChI=1S/C9H14O/c1-7-4-8(2)6-9(5-7)10-3/h5,8H,1,4,6H2,2-3H3. The van der Waals surface area contributed by atoms with Crippen LogP contribution in [0, 0.1) is 5.92 Å². The first-order chi connectivity index (χ1) is 4.72. The molecule has 1 aliphatic rings. The molecule has 0 saturated carbocycles. The first-order valence-corrected chi connectivity index (χ1v) is 3.64. The Labute approximate surface area is 62.4 Å². The van der Waals surface area contributed by atoms with Gasteiger partial charge in [0.1, 0.15) is 0 Å². The maximum atomic E-state index is 5.13. The summed E-state index contributed by atoms with van der Waals surface area (Å²) in [5.74, 6) is 1.77. The highest BCUT2D eigenvalue weighted by Gasteiger charge is 2.12. The minimum atomic E-state index is 0.701. The lowest BCUT2D eigenvalue weighted by molar-refractivity contribution is 0.256. The molecule has 0 spiro atoms. The monoisotopic (exact) mass is 138 g/mol. The molecule has 1 unspecified atom stereocenters. The minimum Gasteiger partial charge on any atom is -0.501 e. The number of rotatable bonds is 1. The van der Waals surface area contributed by atoms with Gasteiger partial charge < -0.3 is 4.74 Å². The summed E-state index contributed by atoms with van der Waals surface area (Å²) in [4.78, 5) is 0. The van der Waals surface area contributed by atoms with E-state index in [-0.39, 0.29) is 0 Å². The van der Waals surface area contributed by atoms with Crippen LogP contribution in [0.15, 0.2) is 24.0 Å². The zero-order chi connectivity index (χ0) is 7.56.